The fourth-order valence-corrected chi connectivity index (χ4v) is 3.49. The zero-order chi connectivity index (χ0) is 17.8. The second kappa shape index (κ2) is 7.98. The van der Waals surface area contributed by atoms with E-state index in [1.54, 1.807) is 25.3 Å². The first-order valence-corrected chi connectivity index (χ1v) is 8.97. The third-order valence-corrected chi connectivity index (χ3v) is 4.93. The van der Waals surface area contributed by atoms with Crippen molar-refractivity contribution in [1.82, 2.24) is 4.90 Å². The average molecular weight is 379 g/mol. The number of halogens is 2. The maximum absolute atomic E-state index is 12.8. The molecule has 0 N–H and O–H groups in total. The average Bonchev–Trinajstić information content (AvgIpc) is 2.87. The maximum atomic E-state index is 12.8. The molecule has 6 heteroatoms. The summed E-state index contributed by atoms with van der Waals surface area (Å²) in [7, 11) is 1.66. The second-order valence-corrected chi connectivity index (χ2v) is 6.80. The number of benzene rings is 2. The minimum atomic E-state index is -0.0433. The molecular weight excluding hydrogens is 359 g/mol. The molecule has 4 nitrogen and oxygen atoms in total. The number of anilines is 1. The van der Waals surface area contributed by atoms with Gasteiger partial charge in [0, 0.05) is 36.9 Å². The van der Waals surface area contributed by atoms with Gasteiger partial charge in [0.2, 0.25) is 0 Å². The Morgan fingerprint density at radius 2 is 1.76 bits per heavy atom. The van der Waals surface area contributed by atoms with Crippen LogP contribution >= 0.6 is 23.2 Å². The molecule has 0 aromatic heterocycles. The summed E-state index contributed by atoms with van der Waals surface area (Å²) in [6, 6.07) is 13.0. The molecule has 1 aliphatic rings. The number of nitrogens with zero attached hydrogens (tertiary/aromatic N) is 2. The highest BCUT2D eigenvalue weighted by atomic mass is 35.5. The summed E-state index contributed by atoms with van der Waals surface area (Å²) in [5, 5.41) is 0.928. The Balaban J connectivity index is 1.69. The number of hydrogen-bond donors (Lipinski definition) is 0. The van der Waals surface area contributed by atoms with Gasteiger partial charge in [-0.3, -0.25) is 4.79 Å². The lowest BCUT2D eigenvalue weighted by atomic mass is 10.2. The van der Waals surface area contributed by atoms with Crippen LogP contribution in [0, 0.1) is 0 Å². The Kier molecular flexibility index (Phi) is 5.71. The van der Waals surface area contributed by atoms with Gasteiger partial charge in [0.25, 0.3) is 5.91 Å². The van der Waals surface area contributed by atoms with Gasteiger partial charge in [-0.05, 0) is 48.9 Å². The number of carbonyl (C=O) groups excluding carboxylic acids is 1. The topological polar surface area (TPSA) is 32.8 Å². The first-order valence-electron chi connectivity index (χ1n) is 8.22. The van der Waals surface area contributed by atoms with Gasteiger partial charge in [0.15, 0.2) is 0 Å². The van der Waals surface area contributed by atoms with Gasteiger partial charge in [-0.25, -0.2) is 0 Å². The summed E-state index contributed by atoms with van der Waals surface area (Å²) in [6.07, 6.45) is 0.906. The quantitative estimate of drug-likeness (QED) is 0.795. The van der Waals surface area contributed by atoms with Crippen LogP contribution in [0.25, 0.3) is 0 Å². The predicted molar refractivity (Wildman–Crippen MR) is 102 cm³/mol. The Labute approximate surface area is 157 Å². The van der Waals surface area contributed by atoms with Crippen molar-refractivity contribution < 1.29 is 9.53 Å². The Bertz CT molecular complexity index is 750. The van der Waals surface area contributed by atoms with Gasteiger partial charge in [0.05, 0.1) is 17.7 Å². The minimum Gasteiger partial charge on any atom is -0.497 e. The van der Waals surface area contributed by atoms with Crippen LogP contribution < -0.4 is 9.64 Å². The van der Waals surface area contributed by atoms with E-state index in [-0.39, 0.29) is 5.91 Å². The highest BCUT2D eigenvalue weighted by molar-refractivity contribution is 6.36. The molecule has 1 fully saturated rings. The van der Waals surface area contributed by atoms with E-state index in [0.717, 1.165) is 30.9 Å². The van der Waals surface area contributed by atoms with Gasteiger partial charge in [-0.2, -0.15) is 0 Å². The molecule has 3 rings (SSSR count). The summed E-state index contributed by atoms with van der Waals surface area (Å²) in [5.41, 5.74) is 1.64. The summed E-state index contributed by atoms with van der Waals surface area (Å²) in [4.78, 5) is 16.9. The third kappa shape index (κ3) is 4.20. The molecule has 1 heterocycles. The van der Waals surface area contributed by atoms with Crippen molar-refractivity contribution in [1.29, 1.82) is 0 Å². The van der Waals surface area contributed by atoms with Crippen molar-refractivity contribution in [3.05, 3.63) is 58.1 Å². The number of carbonyl (C=O) groups is 1. The predicted octanol–water partition coefficient (Wildman–Crippen LogP) is 4.35. The SMILES string of the molecule is COc1ccc(N2CCCN(C(=O)c3ccc(Cl)cc3Cl)CC2)cc1. The lowest BCUT2D eigenvalue weighted by Gasteiger charge is -2.24. The molecule has 0 radical (unpaired) electrons. The fraction of sp³-hybridized carbons (Fsp3) is 0.316. The summed E-state index contributed by atoms with van der Waals surface area (Å²) < 4.78 is 5.20. The normalized spacial score (nSPS) is 15.0. The highest BCUT2D eigenvalue weighted by Gasteiger charge is 2.22. The molecule has 0 saturated carbocycles. The summed E-state index contributed by atoms with van der Waals surface area (Å²) in [6.45, 7) is 3.06. The van der Waals surface area contributed by atoms with E-state index in [9.17, 15) is 4.79 Å². The zero-order valence-electron chi connectivity index (χ0n) is 14.0. The van der Waals surface area contributed by atoms with Crippen LogP contribution in [-0.2, 0) is 0 Å². The van der Waals surface area contributed by atoms with E-state index in [1.165, 1.54) is 0 Å². The fourth-order valence-electron chi connectivity index (χ4n) is 3.01. The second-order valence-electron chi connectivity index (χ2n) is 5.95. The molecule has 1 aliphatic heterocycles. The molecular formula is C19H20Cl2N2O2. The van der Waals surface area contributed by atoms with Gasteiger partial charge < -0.3 is 14.5 Å². The van der Waals surface area contributed by atoms with E-state index in [1.807, 2.05) is 29.2 Å². The first-order chi connectivity index (χ1) is 12.1. The first kappa shape index (κ1) is 17.9. The van der Waals surface area contributed by atoms with Crippen LogP contribution in [-0.4, -0.2) is 44.1 Å². The zero-order valence-corrected chi connectivity index (χ0v) is 15.6. The van der Waals surface area contributed by atoms with Crippen molar-refractivity contribution in [2.75, 3.05) is 38.2 Å². The molecule has 0 spiro atoms. The number of hydrogen-bond acceptors (Lipinski definition) is 3. The molecule has 1 saturated heterocycles. The van der Waals surface area contributed by atoms with Crippen LogP contribution in [0.1, 0.15) is 16.8 Å². The molecule has 132 valence electrons. The lowest BCUT2D eigenvalue weighted by molar-refractivity contribution is 0.0767. The number of rotatable bonds is 3. The Morgan fingerprint density at radius 3 is 2.44 bits per heavy atom. The van der Waals surface area contributed by atoms with Gasteiger partial charge in [-0.15, -0.1) is 0 Å². The Hall–Kier alpha value is -1.91. The van der Waals surface area contributed by atoms with Gasteiger partial charge >= 0.3 is 0 Å². The van der Waals surface area contributed by atoms with Crippen LogP contribution in [0.2, 0.25) is 10.0 Å². The molecule has 0 atom stereocenters. The van der Waals surface area contributed by atoms with Crippen molar-refractivity contribution in [2.45, 2.75) is 6.42 Å². The van der Waals surface area contributed by atoms with E-state index in [4.69, 9.17) is 27.9 Å². The summed E-state index contributed by atoms with van der Waals surface area (Å²) in [5.74, 6) is 0.797. The van der Waals surface area contributed by atoms with E-state index in [0.29, 0.717) is 28.7 Å². The third-order valence-electron chi connectivity index (χ3n) is 4.38. The number of amides is 1. The molecule has 2 aromatic rings. The van der Waals surface area contributed by atoms with E-state index >= 15 is 0 Å². The van der Waals surface area contributed by atoms with Crippen molar-refractivity contribution in [3.8, 4) is 5.75 Å². The Morgan fingerprint density at radius 1 is 1.00 bits per heavy atom. The van der Waals surface area contributed by atoms with Crippen molar-refractivity contribution in [2.24, 2.45) is 0 Å². The molecule has 1 amide bonds. The molecule has 2 aromatic carbocycles. The van der Waals surface area contributed by atoms with Crippen LogP contribution in [0.15, 0.2) is 42.5 Å². The number of methoxy groups -OCH3 is 1. The van der Waals surface area contributed by atoms with Gasteiger partial charge in [0.1, 0.15) is 5.75 Å². The minimum absolute atomic E-state index is 0.0433. The summed E-state index contributed by atoms with van der Waals surface area (Å²) >= 11 is 12.1. The van der Waals surface area contributed by atoms with Gasteiger partial charge in [-0.1, -0.05) is 23.2 Å². The maximum Gasteiger partial charge on any atom is 0.255 e. The standard InChI is InChI=1S/C19H20Cl2N2O2/c1-25-16-6-4-15(5-7-16)22-9-2-10-23(12-11-22)19(24)17-8-3-14(20)13-18(17)21/h3-8,13H,2,9-12H2,1H3. The molecule has 0 unspecified atom stereocenters. The van der Waals surface area contributed by atoms with Crippen molar-refractivity contribution >= 4 is 34.8 Å². The van der Waals surface area contributed by atoms with Crippen LogP contribution in [0.5, 0.6) is 5.75 Å². The van der Waals surface area contributed by atoms with Crippen LogP contribution in [0.3, 0.4) is 0 Å². The molecule has 0 aliphatic carbocycles. The van der Waals surface area contributed by atoms with E-state index in [2.05, 4.69) is 4.90 Å². The molecule has 0 bridgehead atoms. The van der Waals surface area contributed by atoms with Crippen molar-refractivity contribution in [3.63, 3.8) is 0 Å². The molecule has 25 heavy (non-hydrogen) atoms. The largest absolute Gasteiger partial charge is 0.497 e. The smallest absolute Gasteiger partial charge is 0.255 e. The lowest BCUT2D eigenvalue weighted by Crippen LogP contribution is -2.35. The van der Waals surface area contributed by atoms with Crippen LogP contribution in [0.4, 0.5) is 5.69 Å². The highest BCUT2D eigenvalue weighted by Crippen LogP contribution is 2.24. The monoisotopic (exact) mass is 378 g/mol. The number of ether oxygens (including phenoxy) is 1. The van der Waals surface area contributed by atoms with E-state index < -0.39 is 0 Å².